The third-order valence-electron chi connectivity index (χ3n) is 3.93. The van der Waals surface area contributed by atoms with Gasteiger partial charge in [-0.1, -0.05) is 37.0 Å². The molecule has 0 aliphatic heterocycles. The Morgan fingerprint density at radius 3 is 2.61 bits per heavy atom. The molecule has 0 heterocycles. The number of nitro groups is 1. The molecule has 2 aromatic carbocycles. The quantitative estimate of drug-likeness (QED) is 0.187. The van der Waals surface area contributed by atoms with E-state index in [1.54, 1.807) is 19.1 Å². The molecule has 0 radical (unpaired) electrons. The molecule has 7 nitrogen and oxygen atoms in total. The third-order valence-corrected chi connectivity index (χ3v) is 4.81. The number of nitrogens with zero attached hydrogens (tertiary/aromatic N) is 2. The molecule has 0 aliphatic rings. The van der Waals surface area contributed by atoms with E-state index in [1.807, 2.05) is 13.8 Å². The van der Waals surface area contributed by atoms with E-state index < -0.39 is 4.92 Å². The third kappa shape index (κ3) is 5.27. The zero-order valence-corrected chi connectivity index (χ0v) is 17.1. The molecule has 2 aromatic rings. The summed E-state index contributed by atoms with van der Waals surface area (Å²) in [6.45, 7) is 6.02. The van der Waals surface area contributed by atoms with Crippen molar-refractivity contribution in [2.75, 3.05) is 6.61 Å². The van der Waals surface area contributed by atoms with Crippen LogP contribution in [-0.2, 0) is 4.74 Å². The van der Waals surface area contributed by atoms with Gasteiger partial charge in [-0.3, -0.25) is 10.1 Å². The predicted molar refractivity (Wildman–Crippen MR) is 108 cm³/mol. The molecule has 0 saturated heterocycles. The van der Waals surface area contributed by atoms with E-state index in [-0.39, 0.29) is 29.5 Å². The van der Waals surface area contributed by atoms with Gasteiger partial charge in [0.25, 0.3) is 11.6 Å². The molecule has 1 N–H and O–H groups in total. The molecule has 0 unspecified atom stereocenters. The van der Waals surface area contributed by atoms with Gasteiger partial charge in [0.2, 0.25) is 0 Å². The fraction of sp³-hybridized carbons (Fsp3) is 0.316. The smallest absolute Gasteiger partial charge is 0.282 e. The summed E-state index contributed by atoms with van der Waals surface area (Å²) in [7, 11) is 0. The summed E-state index contributed by atoms with van der Waals surface area (Å²) in [5.41, 5.74) is 0.372. The van der Waals surface area contributed by atoms with Crippen molar-refractivity contribution in [1.82, 2.24) is 0 Å². The SMILES string of the molecule is Cc1c(Cl)ccc(Oc2ccc([N+](=O)[O-])c(/C(=N/O)OCCC(C)C)c2)c1Cl. The van der Waals surface area contributed by atoms with Gasteiger partial charge < -0.3 is 14.7 Å². The Hall–Kier alpha value is -2.51. The highest BCUT2D eigenvalue weighted by atomic mass is 35.5. The first-order chi connectivity index (χ1) is 13.2. The summed E-state index contributed by atoms with van der Waals surface area (Å²) >= 11 is 12.3. The van der Waals surface area contributed by atoms with Gasteiger partial charge in [-0.25, -0.2) is 0 Å². The van der Waals surface area contributed by atoms with Gasteiger partial charge >= 0.3 is 0 Å². The first-order valence-electron chi connectivity index (χ1n) is 8.50. The van der Waals surface area contributed by atoms with Crippen LogP contribution in [0.4, 0.5) is 5.69 Å². The molecule has 0 aromatic heterocycles. The van der Waals surface area contributed by atoms with Crippen LogP contribution in [0.3, 0.4) is 0 Å². The second-order valence-corrected chi connectivity index (χ2v) is 7.24. The highest BCUT2D eigenvalue weighted by molar-refractivity contribution is 6.36. The first kappa shape index (κ1) is 21.8. The Bertz CT molecular complexity index is 900. The van der Waals surface area contributed by atoms with Crippen LogP contribution in [0, 0.1) is 23.0 Å². The lowest BCUT2D eigenvalue weighted by Crippen LogP contribution is -2.12. The van der Waals surface area contributed by atoms with Crippen molar-refractivity contribution in [3.63, 3.8) is 0 Å². The number of hydrogen-bond acceptors (Lipinski definition) is 6. The van der Waals surface area contributed by atoms with E-state index in [1.165, 1.54) is 18.2 Å². The van der Waals surface area contributed by atoms with Crippen molar-refractivity contribution in [2.24, 2.45) is 11.1 Å². The molecule has 0 aliphatic carbocycles. The fourth-order valence-electron chi connectivity index (χ4n) is 2.30. The normalized spacial score (nSPS) is 11.6. The molecule has 2 rings (SSSR count). The molecule has 0 fully saturated rings. The standard InChI is InChI=1S/C19H20Cl2N2O5/c1-11(2)8-9-27-19(22-24)14-10-13(4-6-16(14)23(25)26)28-17-7-5-15(20)12(3)18(17)21/h4-7,10-11,24H,8-9H2,1-3H3/b22-19-. The number of halogens is 2. The molecule has 0 atom stereocenters. The van der Waals surface area contributed by atoms with E-state index in [2.05, 4.69) is 5.16 Å². The predicted octanol–water partition coefficient (Wildman–Crippen LogP) is 6.20. The van der Waals surface area contributed by atoms with Crippen LogP contribution < -0.4 is 4.74 Å². The van der Waals surface area contributed by atoms with Crippen molar-refractivity contribution >= 4 is 34.8 Å². The summed E-state index contributed by atoms with van der Waals surface area (Å²) in [5, 5.41) is 24.6. The summed E-state index contributed by atoms with van der Waals surface area (Å²) in [6, 6.07) is 7.27. The molecular weight excluding hydrogens is 407 g/mol. The van der Waals surface area contributed by atoms with E-state index in [9.17, 15) is 15.3 Å². The largest absolute Gasteiger partial charge is 0.475 e. The van der Waals surface area contributed by atoms with Gasteiger partial charge in [-0.15, -0.1) is 0 Å². The van der Waals surface area contributed by atoms with Crippen molar-refractivity contribution < 1.29 is 19.6 Å². The average Bonchev–Trinajstić information content (AvgIpc) is 2.65. The highest BCUT2D eigenvalue weighted by Crippen LogP contribution is 2.36. The van der Waals surface area contributed by atoms with E-state index >= 15 is 0 Å². The van der Waals surface area contributed by atoms with Crippen LogP contribution in [0.5, 0.6) is 11.5 Å². The van der Waals surface area contributed by atoms with Gasteiger partial charge in [-0.05, 0) is 48.2 Å². The Balaban J connectivity index is 2.37. The molecule has 150 valence electrons. The molecule has 28 heavy (non-hydrogen) atoms. The van der Waals surface area contributed by atoms with E-state index in [0.29, 0.717) is 33.7 Å². The average molecular weight is 427 g/mol. The minimum absolute atomic E-state index is 0.00411. The minimum Gasteiger partial charge on any atom is -0.475 e. The van der Waals surface area contributed by atoms with Crippen LogP contribution in [0.2, 0.25) is 10.0 Å². The van der Waals surface area contributed by atoms with Crippen LogP contribution in [-0.4, -0.2) is 22.6 Å². The zero-order chi connectivity index (χ0) is 20.8. The summed E-state index contributed by atoms with van der Waals surface area (Å²) in [5.74, 6) is 0.709. The maximum absolute atomic E-state index is 11.4. The van der Waals surface area contributed by atoms with Gasteiger partial charge in [-0.2, -0.15) is 0 Å². The Morgan fingerprint density at radius 1 is 1.29 bits per heavy atom. The number of nitro benzene ring substituents is 1. The highest BCUT2D eigenvalue weighted by Gasteiger charge is 2.22. The van der Waals surface area contributed by atoms with Crippen molar-refractivity contribution in [1.29, 1.82) is 0 Å². The van der Waals surface area contributed by atoms with Gasteiger partial charge in [0.15, 0.2) is 0 Å². The van der Waals surface area contributed by atoms with Crippen molar-refractivity contribution in [3.8, 4) is 11.5 Å². The van der Waals surface area contributed by atoms with Gasteiger partial charge in [0.1, 0.15) is 17.1 Å². The lowest BCUT2D eigenvalue weighted by atomic mass is 10.1. The molecule has 0 amide bonds. The number of oxime groups is 1. The molecule has 9 heteroatoms. The number of benzene rings is 2. The molecule has 0 bridgehead atoms. The zero-order valence-electron chi connectivity index (χ0n) is 15.6. The fourth-order valence-corrected chi connectivity index (χ4v) is 2.71. The summed E-state index contributed by atoms with van der Waals surface area (Å²) < 4.78 is 11.2. The molecular formula is C19H20Cl2N2O5. The maximum atomic E-state index is 11.4. The number of ether oxygens (including phenoxy) is 2. The molecule has 0 saturated carbocycles. The van der Waals surface area contributed by atoms with Crippen LogP contribution >= 0.6 is 23.2 Å². The van der Waals surface area contributed by atoms with Crippen LogP contribution in [0.25, 0.3) is 0 Å². The second kappa shape index (κ2) is 9.61. The van der Waals surface area contributed by atoms with E-state index in [4.69, 9.17) is 32.7 Å². The first-order valence-corrected chi connectivity index (χ1v) is 9.26. The Kier molecular flexibility index (Phi) is 7.48. The Morgan fingerprint density at radius 2 is 2.00 bits per heavy atom. The lowest BCUT2D eigenvalue weighted by Gasteiger charge is -2.13. The van der Waals surface area contributed by atoms with Crippen molar-refractivity contribution in [3.05, 3.63) is 61.6 Å². The molecule has 0 spiro atoms. The maximum Gasteiger partial charge on any atom is 0.282 e. The number of hydrogen-bond donors (Lipinski definition) is 1. The van der Waals surface area contributed by atoms with Crippen LogP contribution in [0.1, 0.15) is 31.4 Å². The topological polar surface area (TPSA) is 94.2 Å². The Labute approximate surface area is 172 Å². The van der Waals surface area contributed by atoms with Gasteiger partial charge in [0.05, 0.1) is 16.6 Å². The second-order valence-electron chi connectivity index (χ2n) is 6.46. The van der Waals surface area contributed by atoms with Gasteiger partial charge in [0, 0.05) is 17.2 Å². The number of rotatable bonds is 7. The monoisotopic (exact) mass is 426 g/mol. The minimum atomic E-state index is -0.588. The van der Waals surface area contributed by atoms with Crippen LogP contribution in [0.15, 0.2) is 35.5 Å². The summed E-state index contributed by atoms with van der Waals surface area (Å²) in [4.78, 5) is 10.8. The summed E-state index contributed by atoms with van der Waals surface area (Å²) in [6.07, 6.45) is 0.697. The van der Waals surface area contributed by atoms with Crippen molar-refractivity contribution in [2.45, 2.75) is 27.2 Å². The van der Waals surface area contributed by atoms with E-state index in [0.717, 1.165) is 0 Å². The lowest BCUT2D eigenvalue weighted by molar-refractivity contribution is -0.385.